The summed E-state index contributed by atoms with van der Waals surface area (Å²) in [5, 5.41) is 3.41. The lowest BCUT2D eigenvalue weighted by molar-refractivity contribution is -0.115. The summed E-state index contributed by atoms with van der Waals surface area (Å²) in [5.41, 5.74) is 6.33. The smallest absolute Gasteiger partial charge is 0.337 e. The monoisotopic (exact) mass is 445 g/mol. The van der Waals surface area contributed by atoms with E-state index in [-0.39, 0.29) is 11.9 Å². The second kappa shape index (κ2) is 8.88. The van der Waals surface area contributed by atoms with Gasteiger partial charge in [-0.3, -0.25) is 4.79 Å². The minimum Gasteiger partial charge on any atom is -0.465 e. The third-order valence-corrected chi connectivity index (χ3v) is 6.10. The molecule has 0 spiro atoms. The number of hydrogen-bond acceptors (Lipinski definition) is 5. The molecule has 0 atom stereocenters. The number of carbonyl (C=O) groups is 2. The second-order valence-electron chi connectivity index (χ2n) is 7.52. The van der Waals surface area contributed by atoms with Gasteiger partial charge in [0.15, 0.2) is 5.17 Å². The van der Waals surface area contributed by atoms with Crippen LogP contribution < -0.4 is 5.32 Å². The van der Waals surface area contributed by atoms with Crippen molar-refractivity contribution in [2.24, 2.45) is 4.99 Å². The van der Waals surface area contributed by atoms with Crippen LogP contribution in [0.2, 0.25) is 0 Å². The van der Waals surface area contributed by atoms with E-state index in [0.29, 0.717) is 15.6 Å². The van der Waals surface area contributed by atoms with E-state index in [2.05, 4.69) is 14.9 Å². The molecular formula is C25H23N3O3S. The first-order valence-electron chi connectivity index (χ1n) is 10.1. The molecule has 4 rings (SSSR count). The number of amides is 1. The molecular weight excluding hydrogens is 422 g/mol. The number of nitrogens with zero attached hydrogens (tertiary/aromatic N) is 2. The second-order valence-corrected chi connectivity index (χ2v) is 8.55. The number of ether oxygens (including phenoxy) is 1. The molecule has 162 valence electrons. The van der Waals surface area contributed by atoms with Crippen LogP contribution >= 0.6 is 11.8 Å². The number of esters is 1. The third kappa shape index (κ3) is 4.38. The van der Waals surface area contributed by atoms with Gasteiger partial charge in [-0.2, -0.15) is 0 Å². The molecule has 0 saturated carbocycles. The fourth-order valence-electron chi connectivity index (χ4n) is 3.63. The van der Waals surface area contributed by atoms with Crippen molar-refractivity contribution in [3.63, 3.8) is 0 Å². The molecule has 7 heteroatoms. The highest BCUT2D eigenvalue weighted by Crippen LogP contribution is 2.30. The average molecular weight is 446 g/mol. The van der Waals surface area contributed by atoms with E-state index >= 15 is 0 Å². The molecule has 1 aliphatic rings. The Labute approximate surface area is 191 Å². The van der Waals surface area contributed by atoms with E-state index in [9.17, 15) is 9.59 Å². The van der Waals surface area contributed by atoms with Crippen molar-refractivity contribution in [3.05, 3.63) is 87.6 Å². The van der Waals surface area contributed by atoms with Gasteiger partial charge in [-0.15, -0.1) is 0 Å². The molecule has 1 aliphatic heterocycles. The van der Waals surface area contributed by atoms with Crippen LogP contribution in [0.3, 0.4) is 0 Å². The van der Waals surface area contributed by atoms with Gasteiger partial charge in [0.1, 0.15) is 0 Å². The molecule has 0 aliphatic carbocycles. The van der Waals surface area contributed by atoms with Gasteiger partial charge in [0.05, 0.1) is 23.3 Å². The van der Waals surface area contributed by atoms with Gasteiger partial charge < -0.3 is 14.6 Å². The summed E-state index contributed by atoms with van der Waals surface area (Å²) in [6, 6.07) is 17.1. The van der Waals surface area contributed by atoms with Crippen LogP contribution in [0.25, 0.3) is 11.8 Å². The predicted octanol–water partition coefficient (Wildman–Crippen LogP) is 5.08. The van der Waals surface area contributed by atoms with Gasteiger partial charge in [-0.25, -0.2) is 9.79 Å². The molecule has 1 aromatic heterocycles. The molecule has 0 radical (unpaired) electrons. The number of carbonyl (C=O) groups excluding carboxylic acids is 2. The fourth-order valence-corrected chi connectivity index (χ4v) is 4.46. The zero-order valence-corrected chi connectivity index (χ0v) is 19.1. The molecule has 1 saturated heterocycles. The van der Waals surface area contributed by atoms with Crippen molar-refractivity contribution in [3.8, 4) is 5.69 Å². The maximum Gasteiger partial charge on any atom is 0.337 e. The summed E-state index contributed by atoms with van der Waals surface area (Å²) in [6.45, 7) is 6.02. The van der Waals surface area contributed by atoms with Gasteiger partial charge in [0, 0.05) is 17.1 Å². The lowest BCUT2D eigenvalue weighted by Crippen LogP contribution is -2.19. The summed E-state index contributed by atoms with van der Waals surface area (Å²) in [6.07, 6.45) is 1.89. The number of amidine groups is 1. The summed E-state index contributed by atoms with van der Waals surface area (Å²) < 4.78 is 6.86. The molecule has 0 unspecified atom stereocenters. The number of rotatable bonds is 4. The van der Waals surface area contributed by atoms with Crippen LogP contribution in [-0.4, -0.2) is 28.7 Å². The number of aryl methyl sites for hydroxylation is 2. The molecule has 2 aromatic carbocycles. The van der Waals surface area contributed by atoms with E-state index in [4.69, 9.17) is 4.74 Å². The zero-order valence-electron chi connectivity index (χ0n) is 18.3. The topological polar surface area (TPSA) is 72.7 Å². The molecule has 1 fully saturated rings. The van der Waals surface area contributed by atoms with Crippen LogP contribution in [0, 0.1) is 20.8 Å². The maximum atomic E-state index is 12.5. The Bertz CT molecular complexity index is 1270. The summed E-state index contributed by atoms with van der Waals surface area (Å²) in [4.78, 5) is 29.4. The van der Waals surface area contributed by atoms with E-state index in [1.807, 2.05) is 69.3 Å². The van der Waals surface area contributed by atoms with Gasteiger partial charge >= 0.3 is 5.97 Å². The van der Waals surface area contributed by atoms with Crippen molar-refractivity contribution >= 4 is 40.6 Å². The SMILES string of the molecule is COC(=O)c1ccc(-n2c(C)cc(/C=C3/SC(=Nc4cccc(C)c4)NC3=O)c2C)cc1. The number of aromatic nitrogens is 1. The van der Waals surface area contributed by atoms with Crippen LogP contribution in [0.4, 0.5) is 5.69 Å². The first-order valence-corrected chi connectivity index (χ1v) is 10.9. The Kier molecular flexibility index (Phi) is 6.01. The summed E-state index contributed by atoms with van der Waals surface area (Å²) in [7, 11) is 1.37. The van der Waals surface area contributed by atoms with Crippen LogP contribution in [0.5, 0.6) is 0 Å². The van der Waals surface area contributed by atoms with E-state index < -0.39 is 0 Å². The molecule has 32 heavy (non-hydrogen) atoms. The lowest BCUT2D eigenvalue weighted by Gasteiger charge is -2.10. The minimum absolute atomic E-state index is 0.159. The molecule has 1 amide bonds. The largest absolute Gasteiger partial charge is 0.465 e. The minimum atomic E-state index is -0.365. The molecule has 2 heterocycles. The molecule has 6 nitrogen and oxygen atoms in total. The fraction of sp³-hybridized carbons (Fsp3) is 0.160. The Balaban J connectivity index is 1.61. The van der Waals surface area contributed by atoms with Crippen molar-refractivity contribution in [1.82, 2.24) is 9.88 Å². The molecule has 3 aromatic rings. The highest BCUT2D eigenvalue weighted by molar-refractivity contribution is 8.18. The summed E-state index contributed by atoms with van der Waals surface area (Å²) >= 11 is 1.33. The Morgan fingerprint density at radius 1 is 1.09 bits per heavy atom. The van der Waals surface area contributed by atoms with Gasteiger partial charge in [-0.05, 0) is 92.2 Å². The Morgan fingerprint density at radius 3 is 2.53 bits per heavy atom. The van der Waals surface area contributed by atoms with Crippen molar-refractivity contribution < 1.29 is 14.3 Å². The van der Waals surface area contributed by atoms with E-state index in [0.717, 1.165) is 33.9 Å². The zero-order chi connectivity index (χ0) is 22.8. The lowest BCUT2D eigenvalue weighted by atomic mass is 10.2. The van der Waals surface area contributed by atoms with Gasteiger partial charge in [0.2, 0.25) is 0 Å². The molecule has 0 bridgehead atoms. The number of benzene rings is 2. The van der Waals surface area contributed by atoms with Crippen LogP contribution in [0.15, 0.2) is 64.5 Å². The Hall–Kier alpha value is -3.58. The van der Waals surface area contributed by atoms with E-state index in [1.54, 1.807) is 12.1 Å². The van der Waals surface area contributed by atoms with Crippen LogP contribution in [-0.2, 0) is 9.53 Å². The Morgan fingerprint density at radius 2 is 1.84 bits per heavy atom. The standard InChI is InChI=1S/C25H23N3O3S/c1-15-6-5-7-20(12-15)26-25-27-23(29)22(32-25)14-19-13-16(2)28(17(19)3)21-10-8-18(9-11-21)24(30)31-4/h5-14H,1-4H3,(H,26,27,29)/b22-14+. The van der Waals surface area contributed by atoms with Crippen molar-refractivity contribution in [2.75, 3.05) is 7.11 Å². The number of methoxy groups -OCH3 is 1. The number of nitrogens with one attached hydrogen (secondary N) is 1. The maximum absolute atomic E-state index is 12.5. The average Bonchev–Trinajstić information content (AvgIpc) is 3.25. The predicted molar refractivity (Wildman–Crippen MR) is 129 cm³/mol. The quantitative estimate of drug-likeness (QED) is 0.449. The van der Waals surface area contributed by atoms with Gasteiger partial charge in [0.25, 0.3) is 5.91 Å². The first-order chi connectivity index (χ1) is 15.4. The normalized spacial score (nSPS) is 15.9. The van der Waals surface area contributed by atoms with Crippen LogP contribution in [0.1, 0.15) is 32.9 Å². The van der Waals surface area contributed by atoms with Crippen molar-refractivity contribution in [1.29, 1.82) is 0 Å². The highest BCUT2D eigenvalue weighted by atomic mass is 32.2. The van der Waals surface area contributed by atoms with Crippen molar-refractivity contribution in [2.45, 2.75) is 20.8 Å². The van der Waals surface area contributed by atoms with E-state index in [1.165, 1.54) is 18.9 Å². The third-order valence-electron chi connectivity index (χ3n) is 5.19. The number of thioether (sulfide) groups is 1. The highest BCUT2D eigenvalue weighted by Gasteiger charge is 2.24. The summed E-state index contributed by atoms with van der Waals surface area (Å²) in [5.74, 6) is -0.524. The van der Waals surface area contributed by atoms with Gasteiger partial charge in [-0.1, -0.05) is 12.1 Å². The molecule has 1 N–H and O–H groups in total. The first kappa shape index (κ1) is 21.6. The number of hydrogen-bond donors (Lipinski definition) is 1. The number of aliphatic imine (C=N–C) groups is 1.